The lowest BCUT2D eigenvalue weighted by molar-refractivity contribution is -0.141. The number of rotatable bonds is 9. The number of carbonyl (C=O) groups excluding carboxylic acids is 2. The van der Waals surface area contributed by atoms with Crippen molar-refractivity contribution in [1.29, 1.82) is 0 Å². The second-order valence-corrected chi connectivity index (χ2v) is 8.87. The summed E-state index contributed by atoms with van der Waals surface area (Å²) in [6, 6.07) is 10.0. The molecule has 1 aromatic heterocycles. The Morgan fingerprint density at radius 3 is 2.29 bits per heavy atom. The fraction of sp³-hybridized carbons (Fsp3) is 0.429. The first-order chi connectivity index (χ1) is 13.3. The van der Waals surface area contributed by atoms with E-state index in [1.165, 1.54) is 17.0 Å². The maximum Gasteiger partial charge on any atom is 0.242 e. The summed E-state index contributed by atoms with van der Waals surface area (Å²) in [6.07, 6.45) is 0. The van der Waals surface area contributed by atoms with Crippen LogP contribution < -0.4 is 0 Å². The second kappa shape index (κ2) is 10.6. The minimum atomic E-state index is -0.686. The monoisotopic (exact) mass is 424 g/mol. The van der Waals surface area contributed by atoms with Gasteiger partial charge in [-0.15, -0.1) is 22.9 Å². The average Bonchev–Trinajstić information content (AvgIpc) is 3.14. The van der Waals surface area contributed by atoms with Crippen molar-refractivity contribution in [3.05, 3.63) is 58.0 Å². The summed E-state index contributed by atoms with van der Waals surface area (Å²) in [5.74, 6) is -0.509. The van der Waals surface area contributed by atoms with Crippen molar-refractivity contribution >= 4 is 34.8 Å². The van der Waals surface area contributed by atoms with Crippen LogP contribution in [-0.2, 0) is 22.7 Å². The van der Waals surface area contributed by atoms with Crippen LogP contribution in [0.1, 0.15) is 31.2 Å². The number of hydrogen-bond donors (Lipinski definition) is 0. The number of alkyl halides is 1. The minimum absolute atomic E-state index is 0.0271. The summed E-state index contributed by atoms with van der Waals surface area (Å²) in [5, 5.41) is 1.27. The molecular weight excluding hydrogens is 399 g/mol. The van der Waals surface area contributed by atoms with Crippen molar-refractivity contribution in [3.63, 3.8) is 0 Å². The highest BCUT2D eigenvalue weighted by molar-refractivity contribution is 7.09. The molecule has 0 fully saturated rings. The lowest BCUT2D eigenvalue weighted by atomic mass is 10.2. The number of halogens is 2. The lowest BCUT2D eigenvalue weighted by Crippen LogP contribution is -2.45. The second-order valence-electron chi connectivity index (χ2n) is 7.18. The molecule has 1 atom stereocenters. The SMILES string of the molecule is CC(C)CN(CC(=O)N(Cc1ccc(F)cc1)Cc1cccs1)C(=O)[C@H](C)Cl. The van der Waals surface area contributed by atoms with Gasteiger partial charge in [0, 0.05) is 18.0 Å². The van der Waals surface area contributed by atoms with Gasteiger partial charge in [0.15, 0.2) is 0 Å². The Morgan fingerprint density at radius 2 is 1.75 bits per heavy atom. The molecule has 0 N–H and O–H groups in total. The van der Waals surface area contributed by atoms with Gasteiger partial charge in [-0.25, -0.2) is 4.39 Å². The predicted molar refractivity (Wildman–Crippen MR) is 112 cm³/mol. The van der Waals surface area contributed by atoms with E-state index in [1.54, 1.807) is 35.3 Å². The molecule has 28 heavy (non-hydrogen) atoms. The first-order valence-corrected chi connectivity index (χ1v) is 10.5. The maximum atomic E-state index is 13.2. The molecule has 0 saturated heterocycles. The van der Waals surface area contributed by atoms with Gasteiger partial charge >= 0.3 is 0 Å². The van der Waals surface area contributed by atoms with Crippen molar-refractivity contribution in [2.75, 3.05) is 13.1 Å². The van der Waals surface area contributed by atoms with Crippen molar-refractivity contribution in [3.8, 4) is 0 Å². The summed E-state index contributed by atoms with van der Waals surface area (Å²) in [4.78, 5) is 29.8. The molecule has 0 spiro atoms. The van der Waals surface area contributed by atoms with E-state index in [4.69, 9.17) is 11.6 Å². The number of amides is 2. The molecule has 0 aliphatic carbocycles. The molecule has 0 radical (unpaired) electrons. The minimum Gasteiger partial charge on any atom is -0.332 e. The van der Waals surface area contributed by atoms with Crippen molar-refractivity contribution < 1.29 is 14.0 Å². The van der Waals surface area contributed by atoms with Crippen molar-refractivity contribution in [2.45, 2.75) is 39.2 Å². The molecule has 4 nitrogen and oxygen atoms in total. The highest BCUT2D eigenvalue weighted by Gasteiger charge is 2.25. The van der Waals surface area contributed by atoms with Gasteiger partial charge in [-0.05, 0) is 42.0 Å². The molecular formula is C21H26ClFN2O2S. The van der Waals surface area contributed by atoms with Gasteiger partial charge in [0.1, 0.15) is 11.2 Å². The molecule has 1 heterocycles. The molecule has 152 valence electrons. The van der Waals surface area contributed by atoms with E-state index in [2.05, 4.69) is 0 Å². The van der Waals surface area contributed by atoms with E-state index >= 15 is 0 Å². The van der Waals surface area contributed by atoms with E-state index in [1.807, 2.05) is 31.4 Å². The molecule has 2 rings (SSSR count). The average molecular weight is 425 g/mol. The van der Waals surface area contributed by atoms with Gasteiger partial charge in [-0.3, -0.25) is 9.59 Å². The molecule has 2 amide bonds. The summed E-state index contributed by atoms with van der Waals surface area (Å²) >= 11 is 7.55. The van der Waals surface area contributed by atoms with Gasteiger partial charge in [0.2, 0.25) is 11.8 Å². The van der Waals surface area contributed by atoms with Crippen LogP contribution in [0.25, 0.3) is 0 Å². The summed E-state index contributed by atoms with van der Waals surface area (Å²) in [6.45, 7) is 6.82. The maximum absolute atomic E-state index is 13.2. The van der Waals surface area contributed by atoms with Gasteiger partial charge < -0.3 is 9.80 Å². The molecule has 2 aromatic rings. The summed E-state index contributed by atoms with van der Waals surface area (Å²) < 4.78 is 13.2. The Labute approximate surface area is 174 Å². The van der Waals surface area contributed by atoms with Gasteiger partial charge in [-0.1, -0.05) is 32.0 Å². The zero-order valence-electron chi connectivity index (χ0n) is 16.4. The first-order valence-electron chi connectivity index (χ1n) is 9.23. The van der Waals surface area contributed by atoms with Crippen LogP contribution in [0, 0.1) is 11.7 Å². The number of hydrogen-bond acceptors (Lipinski definition) is 3. The van der Waals surface area contributed by atoms with Crippen LogP contribution in [0.5, 0.6) is 0 Å². The fourth-order valence-corrected chi connectivity index (χ4v) is 3.68. The highest BCUT2D eigenvalue weighted by atomic mass is 35.5. The molecule has 7 heteroatoms. The largest absolute Gasteiger partial charge is 0.332 e. The van der Waals surface area contributed by atoms with Crippen LogP contribution >= 0.6 is 22.9 Å². The van der Waals surface area contributed by atoms with Crippen LogP contribution in [0.15, 0.2) is 41.8 Å². The number of carbonyl (C=O) groups is 2. The van der Waals surface area contributed by atoms with Gasteiger partial charge in [0.05, 0.1) is 13.1 Å². The summed E-state index contributed by atoms with van der Waals surface area (Å²) in [5.41, 5.74) is 0.832. The van der Waals surface area contributed by atoms with E-state index in [0.29, 0.717) is 19.6 Å². The quantitative estimate of drug-likeness (QED) is 0.555. The normalized spacial score (nSPS) is 12.1. The third kappa shape index (κ3) is 6.91. The molecule has 0 aliphatic rings. The van der Waals surface area contributed by atoms with Crippen LogP contribution in [0.2, 0.25) is 0 Å². The third-order valence-electron chi connectivity index (χ3n) is 4.13. The highest BCUT2D eigenvalue weighted by Crippen LogP contribution is 2.16. The lowest BCUT2D eigenvalue weighted by Gasteiger charge is -2.29. The van der Waals surface area contributed by atoms with Crippen molar-refractivity contribution in [2.24, 2.45) is 5.92 Å². The zero-order valence-corrected chi connectivity index (χ0v) is 18.0. The molecule has 0 unspecified atom stereocenters. The molecule has 0 saturated carbocycles. The Hall–Kier alpha value is -1.92. The van der Waals surface area contributed by atoms with Gasteiger partial charge in [-0.2, -0.15) is 0 Å². The number of nitrogens with zero attached hydrogens (tertiary/aromatic N) is 2. The first kappa shape index (κ1) is 22.4. The molecule has 0 aliphatic heterocycles. The predicted octanol–water partition coefficient (Wildman–Crippen LogP) is 4.53. The van der Waals surface area contributed by atoms with E-state index in [-0.39, 0.29) is 30.1 Å². The standard InChI is InChI=1S/C21H26ClFN2O2S/c1-15(2)11-25(21(27)16(3)22)14-20(26)24(13-19-5-4-10-28-19)12-17-6-8-18(23)9-7-17/h4-10,15-16H,11-14H2,1-3H3/t16-/m0/s1. The van der Waals surface area contributed by atoms with Crippen LogP contribution in [0.4, 0.5) is 4.39 Å². The van der Waals surface area contributed by atoms with E-state index < -0.39 is 5.38 Å². The van der Waals surface area contributed by atoms with E-state index in [9.17, 15) is 14.0 Å². The number of benzene rings is 1. The zero-order chi connectivity index (χ0) is 20.7. The third-order valence-corrected chi connectivity index (χ3v) is 5.18. The topological polar surface area (TPSA) is 40.6 Å². The van der Waals surface area contributed by atoms with Gasteiger partial charge in [0.25, 0.3) is 0 Å². The Bertz CT molecular complexity index is 763. The van der Waals surface area contributed by atoms with Crippen molar-refractivity contribution in [1.82, 2.24) is 9.80 Å². The number of thiophene rings is 1. The molecule has 0 bridgehead atoms. The van der Waals surface area contributed by atoms with E-state index in [0.717, 1.165) is 10.4 Å². The smallest absolute Gasteiger partial charge is 0.242 e. The Morgan fingerprint density at radius 1 is 1.07 bits per heavy atom. The summed E-state index contributed by atoms with van der Waals surface area (Å²) in [7, 11) is 0. The van der Waals surface area contributed by atoms with Crippen LogP contribution in [-0.4, -0.2) is 40.1 Å². The Kier molecular flexibility index (Phi) is 8.45. The Balaban J connectivity index is 2.18. The molecule has 1 aromatic carbocycles. The fourth-order valence-electron chi connectivity index (χ4n) is 2.82. The van der Waals surface area contributed by atoms with Crippen LogP contribution in [0.3, 0.4) is 0 Å².